The first-order chi connectivity index (χ1) is 11.7. The summed E-state index contributed by atoms with van der Waals surface area (Å²) in [7, 11) is 0. The number of aliphatic hydroxyl groups excluding tert-OH is 4. The SMILES string of the molecule is C[C@@]1(CO)[C@@H](O)CC[C@@]2(C)[C@H]1[C@H](O)C[C@H]1C[C@H]3C[C@@]12CC[C@]3(O)CO. The van der Waals surface area contributed by atoms with Crippen LogP contribution in [-0.4, -0.2) is 56.6 Å². The topological polar surface area (TPSA) is 101 Å². The molecule has 2 bridgehead atoms. The largest absolute Gasteiger partial charge is 0.396 e. The number of fused-ring (bicyclic) bond motifs is 2. The molecule has 4 aliphatic rings. The van der Waals surface area contributed by atoms with Crippen LogP contribution in [0.15, 0.2) is 0 Å². The van der Waals surface area contributed by atoms with Gasteiger partial charge in [-0.2, -0.15) is 0 Å². The van der Waals surface area contributed by atoms with Crippen molar-refractivity contribution in [2.24, 2.45) is 34.0 Å². The number of rotatable bonds is 2. The normalized spacial score (nSPS) is 60.8. The summed E-state index contributed by atoms with van der Waals surface area (Å²) in [6, 6.07) is 0. The second-order valence-corrected chi connectivity index (χ2v) is 10.2. The molecule has 9 atom stereocenters. The monoisotopic (exact) mass is 354 g/mol. The zero-order chi connectivity index (χ0) is 18.3. The van der Waals surface area contributed by atoms with Gasteiger partial charge in [-0.05, 0) is 67.6 Å². The maximum atomic E-state index is 11.1. The number of hydrogen-bond donors (Lipinski definition) is 5. The summed E-state index contributed by atoms with van der Waals surface area (Å²) in [5, 5.41) is 52.4. The summed E-state index contributed by atoms with van der Waals surface area (Å²) in [6.07, 6.45) is 4.31. The van der Waals surface area contributed by atoms with Gasteiger partial charge in [-0.3, -0.25) is 0 Å². The molecule has 5 N–H and O–H groups in total. The Labute approximate surface area is 150 Å². The van der Waals surface area contributed by atoms with Crippen LogP contribution >= 0.6 is 0 Å². The summed E-state index contributed by atoms with van der Waals surface area (Å²) in [4.78, 5) is 0. The Morgan fingerprint density at radius 2 is 1.64 bits per heavy atom. The van der Waals surface area contributed by atoms with Crippen molar-refractivity contribution in [3.8, 4) is 0 Å². The van der Waals surface area contributed by atoms with E-state index in [1.165, 1.54) is 0 Å². The fourth-order valence-corrected chi connectivity index (χ4v) is 8.04. The minimum absolute atomic E-state index is 0.0412. The molecule has 1 spiro atoms. The van der Waals surface area contributed by atoms with E-state index in [1.54, 1.807) is 0 Å². The van der Waals surface area contributed by atoms with Crippen molar-refractivity contribution in [1.82, 2.24) is 0 Å². The van der Waals surface area contributed by atoms with Crippen LogP contribution in [0.2, 0.25) is 0 Å². The lowest BCUT2D eigenvalue weighted by Gasteiger charge is -2.67. The number of aliphatic hydroxyl groups is 5. The van der Waals surface area contributed by atoms with Gasteiger partial charge in [-0.1, -0.05) is 13.8 Å². The molecule has 5 nitrogen and oxygen atoms in total. The molecule has 4 rings (SSSR count). The molecule has 25 heavy (non-hydrogen) atoms. The van der Waals surface area contributed by atoms with E-state index in [0.29, 0.717) is 25.2 Å². The first-order valence-corrected chi connectivity index (χ1v) is 9.97. The third-order valence-corrected chi connectivity index (χ3v) is 9.48. The Morgan fingerprint density at radius 1 is 0.920 bits per heavy atom. The fourth-order valence-electron chi connectivity index (χ4n) is 8.04. The molecular weight excluding hydrogens is 320 g/mol. The van der Waals surface area contributed by atoms with Crippen LogP contribution in [0.4, 0.5) is 0 Å². The van der Waals surface area contributed by atoms with Crippen molar-refractivity contribution in [2.45, 2.75) is 76.6 Å². The lowest BCUT2D eigenvalue weighted by molar-refractivity contribution is -0.248. The predicted octanol–water partition coefficient (Wildman–Crippen LogP) is 1.06. The summed E-state index contributed by atoms with van der Waals surface area (Å²) in [5.74, 6) is 0.308. The lowest BCUT2D eigenvalue weighted by atomic mass is 9.38. The van der Waals surface area contributed by atoms with E-state index < -0.39 is 23.2 Å². The van der Waals surface area contributed by atoms with E-state index in [9.17, 15) is 25.5 Å². The molecule has 0 saturated heterocycles. The molecule has 0 aromatic heterocycles. The molecule has 4 saturated carbocycles. The summed E-state index contributed by atoms with van der Waals surface area (Å²) < 4.78 is 0. The second kappa shape index (κ2) is 5.41. The van der Waals surface area contributed by atoms with Gasteiger partial charge in [0.1, 0.15) is 0 Å². The molecule has 5 heteroatoms. The van der Waals surface area contributed by atoms with Crippen LogP contribution < -0.4 is 0 Å². The maximum absolute atomic E-state index is 11.1. The van der Waals surface area contributed by atoms with Crippen LogP contribution in [0.3, 0.4) is 0 Å². The molecule has 4 fully saturated rings. The highest BCUT2D eigenvalue weighted by Crippen LogP contribution is 2.75. The molecule has 0 unspecified atom stereocenters. The third kappa shape index (κ3) is 2.02. The van der Waals surface area contributed by atoms with Crippen LogP contribution in [0.1, 0.15) is 58.8 Å². The Kier molecular flexibility index (Phi) is 3.94. The van der Waals surface area contributed by atoms with Crippen LogP contribution in [0, 0.1) is 34.0 Å². The lowest BCUT2D eigenvalue weighted by Crippen LogP contribution is -2.66. The highest BCUT2D eigenvalue weighted by atomic mass is 16.3. The van der Waals surface area contributed by atoms with Gasteiger partial charge in [0.05, 0.1) is 31.0 Å². The van der Waals surface area contributed by atoms with Gasteiger partial charge < -0.3 is 25.5 Å². The van der Waals surface area contributed by atoms with Gasteiger partial charge in [-0.15, -0.1) is 0 Å². The Hall–Kier alpha value is -0.200. The van der Waals surface area contributed by atoms with E-state index >= 15 is 0 Å². The first kappa shape index (κ1) is 18.2. The molecule has 0 radical (unpaired) electrons. The van der Waals surface area contributed by atoms with E-state index in [4.69, 9.17) is 0 Å². The van der Waals surface area contributed by atoms with E-state index in [2.05, 4.69) is 6.92 Å². The van der Waals surface area contributed by atoms with Gasteiger partial charge in [0.15, 0.2) is 0 Å². The highest BCUT2D eigenvalue weighted by molar-refractivity contribution is 5.21. The molecule has 4 aliphatic carbocycles. The summed E-state index contributed by atoms with van der Waals surface area (Å²) in [5.41, 5.74) is -1.78. The van der Waals surface area contributed by atoms with E-state index in [1.807, 2.05) is 6.92 Å². The Morgan fingerprint density at radius 3 is 2.28 bits per heavy atom. The zero-order valence-electron chi connectivity index (χ0n) is 15.5. The van der Waals surface area contributed by atoms with Gasteiger partial charge in [-0.25, -0.2) is 0 Å². The maximum Gasteiger partial charge on any atom is 0.0905 e. The minimum Gasteiger partial charge on any atom is -0.396 e. The smallest absolute Gasteiger partial charge is 0.0905 e. The van der Waals surface area contributed by atoms with Gasteiger partial charge in [0.2, 0.25) is 0 Å². The van der Waals surface area contributed by atoms with Crippen molar-refractivity contribution in [3.63, 3.8) is 0 Å². The van der Waals surface area contributed by atoms with Gasteiger partial charge in [0.25, 0.3) is 0 Å². The molecule has 0 aromatic rings. The van der Waals surface area contributed by atoms with Crippen molar-refractivity contribution < 1.29 is 25.5 Å². The second-order valence-electron chi connectivity index (χ2n) is 10.2. The Bertz CT molecular complexity index is 554. The van der Waals surface area contributed by atoms with E-state index in [-0.39, 0.29) is 35.9 Å². The zero-order valence-corrected chi connectivity index (χ0v) is 15.5. The first-order valence-electron chi connectivity index (χ1n) is 9.97. The van der Waals surface area contributed by atoms with E-state index in [0.717, 1.165) is 25.7 Å². The minimum atomic E-state index is -0.978. The quantitative estimate of drug-likeness (QED) is 0.510. The van der Waals surface area contributed by atoms with Crippen molar-refractivity contribution in [3.05, 3.63) is 0 Å². The molecular formula is C20H34O5. The summed E-state index contributed by atoms with van der Waals surface area (Å²) >= 11 is 0. The molecule has 0 aliphatic heterocycles. The van der Waals surface area contributed by atoms with Gasteiger partial charge >= 0.3 is 0 Å². The standard InChI is InChI=1S/C20H34O5/c1-17(10-21)15(24)3-4-18(2)16(17)14(23)8-12-7-13-9-19(12,18)5-6-20(13,25)11-22/h12-16,21-25H,3-11H2,1-2H3/t12-,13+,14-,15+,16+,17-,18+,19+,20+/m1/s1. The average molecular weight is 354 g/mol. The molecule has 144 valence electrons. The molecule has 0 heterocycles. The van der Waals surface area contributed by atoms with Crippen LogP contribution in [0.25, 0.3) is 0 Å². The van der Waals surface area contributed by atoms with Crippen molar-refractivity contribution >= 4 is 0 Å². The molecule has 0 amide bonds. The predicted molar refractivity (Wildman–Crippen MR) is 92.6 cm³/mol. The highest BCUT2D eigenvalue weighted by Gasteiger charge is 2.72. The average Bonchev–Trinajstić information content (AvgIpc) is 2.92. The van der Waals surface area contributed by atoms with Gasteiger partial charge in [0, 0.05) is 11.3 Å². The third-order valence-electron chi connectivity index (χ3n) is 9.48. The van der Waals surface area contributed by atoms with Crippen LogP contribution in [0.5, 0.6) is 0 Å². The number of hydrogen-bond acceptors (Lipinski definition) is 5. The van der Waals surface area contributed by atoms with Crippen LogP contribution in [-0.2, 0) is 0 Å². The molecule has 0 aromatic carbocycles. The van der Waals surface area contributed by atoms with Crippen molar-refractivity contribution in [2.75, 3.05) is 13.2 Å². The Balaban J connectivity index is 1.79. The fraction of sp³-hybridized carbons (Fsp3) is 1.00. The van der Waals surface area contributed by atoms with Crippen molar-refractivity contribution in [1.29, 1.82) is 0 Å². The summed E-state index contributed by atoms with van der Waals surface area (Å²) in [6.45, 7) is 3.89.